The maximum absolute atomic E-state index is 8.99. The Morgan fingerprint density at radius 2 is 2.58 bits per heavy atom. The standard InChI is InChI=1S/C9H14N2O/c1-11-6-10-8-4-7(5-12)2-3-9(8)11/h6-7,12H,2-5H2,1H3. The minimum atomic E-state index is 0.302. The van der Waals surface area contributed by atoms with Crippen LogP contribution in [0.2, 0.25) is 0 Å². The number of imidazole rings is 1. The second kappa shape index (κ2) is 2.90. The van der Waals surface area contributed by atoms with Gasteiger partial charge in [-0.15, -0.1) is 0 Å². The van der Waals surface area contributed by atoms with Gasteiger partial charge in [-0.05, 0) is 25.2 Å². The number of hydrogen-bond donors (Lipinski definition) is 1. The highest BCUT2D eigenvalue weighted by Crippen LogP contribution is 2.23. The predicted molar refractivity (Wildman–Crippen MR) is 45.8 cm³/mol. The van der Waals surface area contributed by atoms with Gasteiger partial charge >= 0.3 is 0 Å². The first-order chi connectivity index (χ1) is 5.81. The summed E-state index contributed by atoms with van der Waals surface area (Å²) in [5.41, 5.74) is 2.53. The van der Waals surface area contributed by atoms with Crippen molar-refractivity contribution < 1.29 is 5.11 Å². The lowest BCUT2D eigenvalue weighted by Gasteiger charge is -2.19. The summed E-state index contributed by atoms with van der Waals surface area (Å²) in [6.07, 6.45) is 4.98. The molecule has 0 aromatic carbocycles. The van der Waals surface area contributed by atoms with Crippen molar-refractivity contribution in [3.05, 3.63) is 17.7 Å². The summed E-state index contributed by atoms with van der Waals surface area (Å²) < 4.78 is 2.09. The third-order valence-corrected chi connectivity index (χ3v) is 2.68. The van der Waals surface area contributed by atoms with Gasteiger partial charge in [0.2, 0.25) is 0 Å². The lowest BCUT2D eigenvalue weighted by atomic mass is 9.90. The number of aliphatic hydroxyl groups excluding tert-OH is 1. The molecule has 1 N–H and O–H groups in total. The van der Waals surface area contributed by atoms with Crippen LogP contribution in [0.15, 0.2) is 6.33 Å². The second-order valence-corrected chi connectivity index (χ2v) is 3.54. The summed E-state index contributed by atoms with van der Waals surface area (Å²) in [7, 11) is 2.03. The molecule has 0 bridgehead atoms. The Morgan fingerprint density at radius 3 is 3.33 bits per heavy atom. The molecule has 1 unspecified atom stereocenters. The van der Waals surface area contributed by atoms with Crippen LogP contribution in [0.1, 0.15) is 17.8 Å². The van der Waals surface area contributed by atoms with Crippen molar-refractivity contribution in [3.8, 4) is 0 Å². The van der Waals surface area contributed by atoms with E-state index in [0.29, 0.717) is 12.5 Å². The molecule has 0 saturated carbocycles. The van der Waals surface area contributed by atoms with Gasteiger partial charge in [0.1, 0.15) is 0 Å². The van der Waals surface area contributed by atoms with Crippen LogP contribution in [0.4, 0.5) is 0 Å². The van der Waals surface area contributed by atoms with Crippen LogP contribution in [0.3, 0.4) is 0 Å². The van der Waals surface area contributed by atoms with Crippen LogP contribution in [0.5, 0.6) is 0 Å². The first-order valence-corrected chi connectivity index (χ1v) is 4.41. The van der Waals surface area contributed by atoms with E-state index in [1.807, 2.05) is 13.4 Å². The lowest BCUT2D eigenvalue weighted by Crippen LogP contribution is -2.18. The number of rotatable bonds is 1. The smallest absolute Gasteiger partial charge is 0.0949 e. The Bertz CT molecular complexity index is 280. The molecule has 3 nitrogen and oxygen atoms in total. The van der Waals surface area contributed by atoms with Crippen LogP contribution in [-0.2, 0) is 19.9 Å². The number of nitrogens with zero attached hydrogens (tertiary/aromatic N) is 2. The van der Waals surface area contributed by atoms with E-state index >= 15 is 0 Å². The highest BCUT2D eigenvalue weighted by Gasteiger charge is 2.20. The maximum atomic E-state index is 8.99. The van der Waals surface area contributed by atoms with E-state index < -0.39 is 0 Å². The molecule has 0 saturated heterocycles. The molecule has 0 radical (unpaired) electrons. The predicted octanol–water partition coefficient (Wildman–Crippen LogP) is 0.517. The SMILES string of the molecule is Cn1cnc2c1CCC(CO)C2. The number of aryl methyl sites for hydroxylation is 1. The van der Waals surface area contributed by atoms with Crippen molar-refractivity contribution >= 4 is 0 Å². The van der Waals surface area contributed by atoms with Crippen LogP contribution in [0.25, 0.3) is 0 Å². The summed E-state index contributed by atoms with van der Waals surface area (Å²) in [6, 6.07) is 0. The average molecular weight is 166 g/mol. The fourth-order valence-corrected chi connectivity index (χ4v) is 1.87. The molecular weight excluding hydrogens is 152 g/mol. The quantitative estimate of drug-likeness (QED) is 0.660. The Labute approximate surface area is 72.0 Å². The number of aromatic nitrogens is 2. The van der Waals surface area contributed by atoms with E-state index in [1.54, 1.807) is 0 Å². The molecule has 1 heterocycles. The van der Waals surface area contributed by atoms with Crippen molar-refractivity contribution in [1.29, 1.82) is 0 Å². The van der Waals surface area contributed by atoms with Gasteiger partial charge < -0.3 is 9.67 Å². The van der Waals surface area contributed by atoms with Crippen LogP contribution in [-0.4, -0.2) is 21.3 Å². The Kier molecular flexibility index (Phi) is 1.89. The van der Waals surface area contributed by atoms with Crippen molar-refractivity contribution in [2.24, 2.45) is 13.0 Å². The van der Waals surface area contributed by atoms with Gasteiger partial charge in [-0.2, -0.15) is 0 Å². The molecule has 0 amide bonds. The number of aliphatic hydroxyl groups is 1. The Hall–Kier alpha value is -0.830. The summed E-state index contributed by atoms with van der Waals surface area (Å²) in [5.74, 6) is 0.437. The zero-order valence-corrected chi connectivity index (χ0v) is 7.32. The molecule has 66 valence electrons. The molecule has 12 heavy (non-hydrogen) atoms. The molecule has 0 fully saturated rings. The monoisotopic (exact) mass is 166 g/mol. The van der Waals surface area contributed by atoms with Crippen LogP contribution in [0, 0.1) is 5.92 Å². The largest absolute Gasteiger partial charge is 0.396 e. The molecular formula is C9H14N2O. The highest BCUT2D eigenvalue weighted by atomic mass is 16.3. The third-order valence-electron chi connectivity index (χ3n) is 2.68. The lowest BCUT2D eigenvalue weighted by molar-refractivity contribution is 0.211. The molecule has 2 rings (SSSR count). The number of hydrogen-bond acceptors (Lipinski definition) is 2. The third kappa shape index (κ3) is 1.14. The van der Waals surface area contributed by atoms with Gasteiger partial charge in [-0.25, -0.2) is 4.98 Å². The van der Waals surface area contributed by atoms with Crippen LogP contribution >= 0.6 is 0 Å². The minimum Gasteiger partial charge on any atom is -0.396 e. The van der Waals surface area contributed by atoms with Crippen molar-refractivity contribution in [1.82, 2.24) is 9.55 Å². The van der Waals surface area contributed by atoms with Crippen molar-refractivity contribution in [2.45, 2.75) is 19.3 Å². The average Bonchev–Trinajstić information content (AvgIpc) is 2.47. The van der Waals surface area contributed by atoms with E-state index in [2.05, 4.69) is 9.55 Å². The Morgan fingerprint density at radius 1 is 1.75 bits per heavy atom. The van der Waals surface area contributed by atoms with Gasteiger partial charge in [0.15, 0.2) is 0 Å². The zero-order valence-electron chi connectivity index (χ0n) is 7.32. The van der Waals surface area contributed by atoms with Gasteiger partial charge in [-0.1, -0.05) is 0 Å². The fourth-order valence-electron chi connectivity index (χ4n) is 1.87. The fraction of sp³-hybridized carbons (Fsp3) is 0.667. The van der Waals surface area contributed by atoms with Gasteiger partial charge in [0.25, 0.3) is 0 Å². The topological polar surface area (TPSA) is 38.0 Å². The zero-order chi connectivity index (χ0) is 8.55. The highest BCUT2D eigenvalue weighted by molar-refractivity contribution is 5.16. The van der Waals surface area contributed by atoms with Crippen LogP contribution < -0.4 is 0 Å². The summed E-state index contributed by atoms with van der Waals surface area (Å²) >= 11 is 0. The molecule has 0 aliphatic heterocycles. The first-order valence-electron chi connectivity index (χ1n) is 4.41. The molecule has 1 aromatic heterocycles. The van der Waals surface area contributed by atoms with Crippen molar-refractivity contribution in [2.75, 3.05) is 6.61 Å². The van der Waals surface area contributed by atoms with Crippen molar-refractivity contribution in [3.63, 3.8) is 0 Å². The molecule has 1 atom stereocenters. The Balaban J connectivity index is 2.24. The van der Waals surface area contributed by atoms with Gasteiger partial charge in [-0.3, -0.25) is 0 Å². The summed E-state index contributed by atoms with van der Waals surface area (Å²) in [6.45, 7) is 0.302. The molecule has 1 aromatic rings. The molecule has 0 spiro atoms. The first kappa shape index (κ1) is 7.80. The van der Waals surface area contributed by atoms with E-state index in [4.69, 9.17) is 5.11 Å². The maximum Gasteiger partial charge on any atom is 0.0949 e. The second-order valence-electron chi connectivity index (χ2n) is 3.54. The van der Waals surface area contributed by atoms with Gasteiger partial charge in [0.05, 0.1) is 12.0 Å². The van der Waals surface area contributed by atoms with Gasteiger partial charge in [0, 0.05) is 19.3 Å². The molecule has 3 heteroatoms. The normalized spacial score (nSPS) is 22.3. The van der Waals surface area contributed by atoms with E-state index in [1.165, 1.54) is 11.4 Å². The minimum absolute atomic E-state index is 0.302. The number of fused-ring (bicyclic) bond motifs is 1. The van der Waals surface area contributed by atoms with E-state index in [9.17, 15) is 0 Å². The van der Waals surface area contributed by atoms with E-state index in [0.717, 1.165) is 19.3 Å². The summed E-state index contributed by atoms with van der Waals surface area (Å²) in [5, 5.41) is 8.99. The molecule has 1 aliphatic carbocycles. The molecule has 1 aliphatic rings. The van der Waals surface area contributed by atoms with E-state index in [-0.39, 0.29) is 0 Å². The summed E-state index contributed by atoms with van der Waals surface area (Å²) in [4.78, 5) is 4.31.